The molecule has 0 radical (unpaired) electrons. The van der Waals surface area contributed by atoms with E-state index in [9.17, 15) is 0 Å². The largest absolute Gasteiger partial charge is 0.488 e. The van der Waals surface area contributed by atoms with Gasteiger partial charge in [-0.05, 0) is 98.9 Å². The fourth-order valence-electron chi connectivity index (χ4n) is 6.21. The Bertz CT molecular complexity index is 2410. The minimum atomic E-state index is -1.34. The second-order valence-corrected chi connectivity index (χ2v) is 13.5. The third-order valence-electron chi connectivity index (χ3n) is 8.59. The highest BCUT2D eigenvalue weighted by molar-refractivity contribution is 6.58. The molecular weight excluding hydrogens is 659 g/mol. The maximum Gasteiger partial charge on any atom is 0.488 e. The molecule has 6 heteroatoms. The summed E-state index contributed by atoms with van der Waals surface area (Å²) >= 11 is 6.03. The first-order valence-corrected chi connectivity index (χ1v) is 17.6. The summed E-state index contributed by atoms with van der Waals surface area (Å²) in [5.41, 5.74) is 14.3. The summed E-state index contributed by atoms with van der Waals surface area (Å²) in [5, 5.41) is 20.2. The van der Waals surface area contributed by atoms with Crippen LogP contribution in [0.5, 0.6) is 0 Å². The molecule has 0 aliphatic heterocycles. The van der Waals surface area contributed by atoms with Crippen molar-refractivity contribution in [1.82, 2.24) is 9.97 Å². The van der Waals surface area contributed by atoms with E-state index in [4.69, 9.17) is 31.6 Å². The number of benzene rings is 6. The quantitative estimate of drug-likeness (QED) is 0.180. The fourth-order valence-corrected chi connectivity index (χ4v) is 6.38. The lowest BCUT2D eigenvalue weighted by atomic mass is 9.81. The van der Waals surface area contributed by atoms with E-state index < -0.39 is 7.12 Å². The van der Waals surface area contributed by atoms with E-state index in [1.165, 1.54) is 44.3 Å². The SMILES string of the molecule is Cc1cc(C)cc(-c2ccc3ccc(-c4ccccc4)cc3n2)c1.Cc1cc(C)cc(-c2ccc3ccc(Cl)cc3n2)c1.OB(O)c1ccccc1. The minimum Gasteiger partial charge on any atom is -0.423 e. The first-order valence-electron chi connectivity index (χ1n) is 17.2. The van der Waals surface area contributed by atoms with Crippen molar-refractivity contribution < 1.29 is 10.0 Å². The summed E-state index contributed by atoms with van der Waals surface area (Å²) in [5.74, 6) is 0. The third kappa shape index (κ3) is 9.39. The van der Waals surface area contributed by atoms with Gasteiger partial charge in [-0.25, -0.2) is 9.97 Å². The van der Waals surface area contributed by atoms with Crippen LogP contribution in [0.15, 0.2) is 158 Å². The molecule has 6 aromatic carbocycles. The summed E-state index contributed by atoms with van der Waals surface area (Å²) in [6.07, 6.45) is 0. The Morgan fingerprint density at radius 1 is 0.423 bits per heavy atom. The van der Waals surface area contributed by atoms with Gasteiger partial charge in [-0.15, -0.1) is 0 Å². The minimum absolute atomic E-state index is 0.525. The van der Waals surface area contributed by atoms with Crippen molar-refractivity contribution in [2.45, 2.75) is 27.7 Å². The van der Waals surface area contributed by atoms with E-state index >= 15 is 0 Å². The fraction of sp³-hybridized carbons (Fsp3) is 0.0870. The van der Waals surface area contributed by atoms with Crippen LogP contribution in [0, 0.1) is 27.7 Å². The Balaban J connectivity index is 0.000000147. The number of aromatic nitrogens is 2. The summed E-state index contributed by atoms with van der Waals surface area (Å²) in [6.45, 7) is 8.47. The molecule has 0 saturated carbocycles. The van der Waals surface area contributed by atoms with Gasteiger partial charge < -0.3 is 10.0 Å². The maximum absolute atomic E-state index is 8.58. The summed E-state index contributed by atoms with van der Waals surface area (Å²) < 4.78 is 0. The molecule has 2 heterocycles. The molecule has 256 valence electrons. The van der Waals surface area contributed by atoms with Gasteiger partial charge in [0.05, 0.1) is 22.4 Å². The van der Waals surface area contributed by atoms with E-state index in [0.29, 0.717) is 5.46 Å². The van der Waals surface area contributed by atoms with Crippen LogP contribution in [0.1, 0.15) is 22.3 Å². The van der Waals surface area contributed by atoms with Gasteiger partial charge >= 0.3 is 7.12 Å². The zero-order valence-electron chi connectivity index (χ0n) is 29.8. The van der Waals surface area contributed by atoms with Gasteiger partial charge in [-0.3, -0.25) is 0 Å². The molecule has 0 aliphatic rings. The predicted octanol–water partition coefficient (Wildman–Crippen LogP) is 10.7. The molecule has 0 aliphatic carbocycles. The topological polar surface area (TPSA) is 66.2 Å². The molecule has 0 bridgehead atoms. The van der Waals surface area contributed by atoms with Crippen molar-refractivity contribution in [3.63, 3.8) is 0 Å². The van der Waals surface area contributed by atoms with Crippen LogP contribution >= 0.6 is 11.6 Å². The summed E-state index contributed by atoms with van der Waals surface area (Å²) in [4.78, 5) is 9.62. The van der Waals surface area contributed by atoms with Crippen LogP contribution in [-0.4, -0.2) is 27.1 Å². The van der Waals surface area contributed by atoms with Crippen LogP contribution in [0.25, 0.3) is 55.4 Å². The van der Waals surface area contributed by atoms with Crippen molar-refractivity contribution in [2.75, 3.05) is 0 Å². The van der Waals surface area contributed by atoms with Gasteiger partial charge in [0.2, 0.25) is 0 Å². The van der Waals surface area contributed by atoms with Gasteiger partial charge in [-0.2, -0.15) is 0 Å². The van der Waals surface area contributed by atoms with Crippen LogP contribution in [0.4, 0.5) is 0 Å². The number of hydrogen-bond acceptors (Lipinski definition) is 4. The molecule has 0 saturated heterocycles. The van der Waals surface area contributed by atoms with Gasteiger partial charge in [0, 0.05) is 26.9 Å². The van der Waals surface area contributed by atoms with Crippen molar-refractivity contribution >= 4 is 46.0 Å². The maximum atomic E-state index is 8.58. The molecule has 0 amide bonds. The lowest BCUT2D eigenvalue weighted by molar-refractivity contribution is 0.426. The summed E-state index contributed by atoms with van der Waals surface area (Å²) in [7, 11) is -1.34. The Labute approximate surface area is 311 Å². The lowest BCUT2D eigenvalue weighted by Crippen LogP contribution is -2.29. The number of hydrogen-bond donors (Lipinski definition) is 2. The molecule has 8 aromatic rings. The van der Waals surface area contributed by atoms with Crippen molar-refractivity contribution in [1.29, 1.82) is 0 Å². The number of nitrogens with zero attached hydrogens (tertiary/aromatic N) is 2. The normalized spacial score (nSPS) is 10.6. The van der Waals surface area contributed by atoms with E-state index in [-0.39, 0.29) is 0 Å². The Hall–Kier alpha value is -5.59. The Morgan fingerprint density at radius 2 is 0.865 bits per heavy atom. The van der Waals surface area contributed by atoms with Gasteiger partial charge in [0.1, 0.15) is 0 Å². The number of halogens is 1. The van der Waals surface area contributed by atoms with Crippen LogP contribution in [0.3, 0.4) is 0 Å². The first kappa shape index (κ1) is 36.2. The number of rotatable bonds is 4. The van der Waals surface area contributed by atoms with Gasteiger partial charge in [0.15, 0.2) is 0 Å². The number of fused-ring (bicyclic) bond motifs is 2. The average molecular weight is 699 g/mol. The molecule has 0 fully saturated rings. The summed E-state index contributed by atoms with van der Waals surface area (Å²) in [6, 6.07) is 52.9. The predicted molar refractivity (Wildman–Crippen MR) is 220 cm³/mol. The van der Waals surface area contributed by atoms with Gasteiger partial charge in [-0.1, -0.05) is 137 Å². The monoisotopic (exact) mass is 698 g/mol. The first-order chi connectivity index (χ1) is 25.1. The van der Waals surface area contributed by atoms with Crippen molar-refractivity contribution in [3.8, 4) is 33.6 Å². The molecule has 2 aromatic heterocycles. The van der Waals surface area contributed by atoms with Crippen LogP contribution in [0.2, 0.25) is 5.02 Å². The number of aryl methyl sites for hydroxylation is 4. The van der Waals surface area contributed by atoms with Crippen LogP contribution < -0.4 is 5.46 Å². The van der Waals surface area contributed by atoms with Crippen molar-refractivity contribution in [2.24, 2.45) is 0 Å². The third-order valence-corrected chi connectivity index (χ3v) is 8.82. The molecule has 0 atom stereocenters. The standard InChI is InChI=1S/C23H19N.C17H14ClN.C6H7BO2/c1-16-12-17(2)14-21(13-16)22-11-10-19-8-9-20(15-23(19)24-22)18-6-4-3-5-7-18;1-11-7-12(2)9-14(8-11)16-6-4-13-3-5-15(18)10-17(13)19-16;8-7(9)6-4-2-1-3-5-6/h3-15H,1-2H3;3-10H,1-2H3;1-5,8-9H. The lowest BCUT2D eigenvalue weighted by Gasteiger charge is -2.08. The molecular formula is C46H40BClN2O2. The highest BCUT2D eigenvalue weighted by Crippen LogP contribution is 2.28. The zero-order chi connectivity index (χ0) is 36.6. The Kier molecular flexibility index (Phi) is 11.6. The second-order valence-electron chi connectivity index (χ2n) is 13.0. The highest BCUT2D eigenvalue weighted by Gasteiger charge is 2.08. The van der Waals surface area contributed by atoms with E-state index in [1.54, 1.807) is 24.3 Å². The smallest absolute Gasteiger partial charge is 0.423 e. The van der Waals surface area contributed by atoms with E-state index in [1.807, 2.05) is 30.3 Å². The van der Waals surface area contributed by atoms with E-state index in [2.05, 4.69) is 131 Å². The second kappa shape index (κ2) is 16.6. The molecule has 0 spiro atoms. The van der Waals surface area contributed by atoms with Crippen molar-refractivity contribution in [3.05, 3.63) is 185 Å². The molecule has 2 N–H and O–H groups in total. The average Bonchev–Trinajstić information content (AvgIpc) is 3.14. The van der Waals surface area contributed by atoms with Gasteiger partial charge in [0.25, 0.3) is 0 Å². The molecule has 0 unspecified atom stereocenters. The number of pyridine rings is 2. The Morgan fingerprint density at radius 3 is 1.35 bits per heavy atom. The zero-order valence-corrected chi connectivity index (χ0v) is 30.5. The van der Waals surface area contributed by atoms with Crippen LogP contribution in [-0.2, 0) is 0 Å². The highest BCUT2D eigenvalue weighted by atomic mass is 35.5. The van der Waals surface area contributed by atoms with E-state index in [0.717, 1.165) is 38.4 Å². The molecule has 52 heavy (non-hydrogen) atoms. The molecule has 4 nitrogen and oxygen atoms in total. The molecule has 8 rings (SSSR count).